The monoisotopic (exact) mass is 296 g/mol. The second-order valence-electron chi connectivity index (χ2n) is 3.79. The first-order chi connectivity index (χ1) is 8.20. The number of aromatic amines is 1. The Labute approximate surface area is 107 Å². The predicted octanol–water partition coefficient (Wildman–Crippen LogP) is 1.52. The number of aromatic nitrogens is 2. The van der Waals surface area contributed by atoms with Crippen LogP contribution in [0.3, 0.4) is 0 Å². The van der Waals surface area contributed by atoms with E-state index < -0.39 is 0 Å². The highest BCUT2D eigenvalue weighted by Gasteiger charge is 2.05. The molecule has 0 atom stereocenters. The van der Waals surface area contributed by atoms with Crippen molar-refractivity contribution in [3.8, 4) is 0 Å². The Morgan fingerprint density at radius 3 is 2.94 bits per heavy atom. The number of aliphatic hydroxyl groups excluding tert-OH is 1. The number of aliphatic hydroxyl groups is 1. The van der Waals surface area contributed by atoms with Gasteiger partial charge in [0.05, 0.1) is 6.54 Å². The van der Waals surface area contributed by atoms with Crippen molar-refractivity contribution in [1.82, 2.24) is 9.78 Å². The van der Waals surface area contributed by atoms with Crippen LogP contribution in [0.25, 0.3) is 0 Å². The summed E-state index contributed by atoms with van der Waals surface area (Å²) >= 11 is 3.39. The molecule has 0 unspecified atom stereocenters. The second kappa shape index (κ2) is 5.33. The van der Waals surface area contributed by atoms with Gasteiger partial charge in [-0.2, -0.15) is 0 Å². The molecule has 0 spiro atoms. The summed E-state index contributed by atoms with van der Waals surface area (Å²) in [4.78, 5) is 11.9. The summed E-state index contributed by atoms with van der Waals surface area (Å²) in [5.74, 6) is 0. The fourth-order valence-electron chi connectivity index (χ4n) is 1.68. The third-order valence-electron chi connectivity index (χ3n) is 2.53. The number of H-pyrrole nitrogens is 1. The van der Waals surface area contributed by atoms with Gasteiger partial charge in [-0.15, -0.1) is 0 Å². The maximum Gasteiger partial charge on any atom is 0.270 e. The minimum absolute atomic E-state index is 0.00994. The van der Waals surface area contributed by atoms with E-state index in [0.717, 1.165) is 10.0 Å². The number of halogens is 1. The van der Waals surface area contributed by atoms with Crippen molar-refractivity contribution in [1.29, 1.82) is 0 Å². The highest BCUT2D eigenvalue weighted by Crippen LogP contribution is 2.12. The molecule has 0 amide bonds. The standard InChI is InChI=1S/C12H13BrN2O2/c13-11-3-1-2-9(6-11)8-15-12(17)10(4-5-16)7-14-15/h1-3,6-7,14,16H,4-5,8H2. The molecule has 2 rings (SSSR count). The third-order valence-corrected chi connectivity index (χ3v) is 3.02. The van der Waals surface area contributed by atoms with Gasteiger partial charge >= 0.3 is 0 Å². The average Bonchev–Trinajstić information content (AvgIpc) is 2.62. The quantitative estimate of drug-likeness (QED) is 0.899. The lowest BCUT2D eigenvalue weighted by atomic mass is 10.2. The number of nitrogens with one attached hydrogen (secondary N) is 1. The summed E-state index contributed by atoms with van der Waals surface area (Å²) in [7, 11) is 0. The van der Waals surface area contributed by atoms with E-state index in [1.807, 2.05) is 24.3 Å². The Hall–Kier alpha value is -1.33. The maximum atomic E-state index is 11.9. The first-order valence-electron chi connectivity index (χ1n) is 5.33. The SMILES string of the molecule is O=c1c(CCO)c[nH]n1Cc1cccc(Br)c1. The molecule has 2 N–H and O–H groups in total. The Kier molecular flexibility index (Phi) is 3.81. The zero-order valence-electron chi connectivity index (χ0n) is 9.19. The van der Waals surface area contributed by atoms with E-state index in [9.17, 15) is 4.79 Å². The zero-order valence-corrected chi connectivity index (χ0v) is 10.8. The van der Waals surface area contributed by atoms with E-state index in [4.69, 9.17) is 5.11 Å². The van der Waals surface area contributed by atoms with Crippen LogP contribution in [0.5, 0.6) is 0 Å². The van der Waals surface area contributed by atoms with Gasteiger partial charge in [0.1, 0.15) is 0 Å². The molecule has 2 aromatic rings. The van der Waals surface area contributed by atoms with Crippen molar-refractivity contribution in [2.75, 3.05) is 6.61 Å². The summed E-state index contributed by atoms with van der Waals surface area (Å²) < 4.78 is 2.53. The number of hydrogen-bond acceptors (Lipinski definition) is 2. The molecule has 0 aliphatic carbocycles. The van der Waals surface area contributed by atoms with Crippen molar-refractivity contribution in [3.63, 3.8) is 0 Å². The molecule has 1 aromatic heterocycles. The van der Waals surface area contributed by atoms with Crippen molar-refractivity contribution in [2.24, 2.45) is 0 Å². The molecule has 1 aromatic carbocycles. The summed E-state index contributed by atoms with van der Waals surface area (Å²) in [5.41, 5.74) is 1.58. The first kappa shape index (κ1) is 12.1. The Bertz CT molecular complexity index is 560. The lowest BCUT2D eigenvalue weighted by molar-refractivity contribution is 0.299. The molecule has 17 heavy (non-hydrogen) atoms. The smallest absolute Gasteiger partial charge is 0.270 e. The molecule has 0 aliphatic rings. The molecule has 0 saturated heterocycles. The van der Waals surface area contributed by atoms with Crippen LogP contribution >= 0.6 is 15.9 Å². The van der Waals surface area contributed by atoms with Gasteiger partial charge in [-0.25, -0.2) is 4.68 Å². The van der Waals surface area contributed by atoms with E-state index in [2.05, 4.69) is 21.0 Å². The van der Waals surface area contributed by atoms with Crippen LogP contribution in [0, 0.1) is 0 Å². The topological polar surface area (TPSA) is 58.0 Å². The lowest BCUT2D eigenvalue weighted by Crippen LogP contribution is -2.20. The number of rotatable bonds is 4. The number of hydrogen-bond donors (Lipinski definition) is 2. The molecule has 0 saturated carbocycles. The van der Waals surface area contributed by atoms with Crippen LogP contribution < -0.4 is 5.56 Å². The summed E-state index contributed by atoms with van der Waals surface area (Å²) in [6.45, 7) is 0.494. The van der Waals surface area contributed by atoms with Gasteiger partial charge in [0.15, 0.2) is 0 Å². The summed E-state index contributed by atoms with van der Waals surface area (Å²) in [6.07, 6.45) is 2.04. The normalized spacial score (nSPS) is 10.7. The predicted molar refractivity (Wildman–Crippen MR) is 69.1 cm³/mol. The highest BCUT2D eigenvalue weighted by molar-refractivity contribution is 9.10. The maximum absolute atomic E-state index is 11.9. The molecule has 5 heteroatoms. The van der Waals surface area contributed by atoms with E-state index in [1.54, 1.807) is 6.20 Å². The van der Waals surface area contributed by atoms with Gasteiger partial charge < -0.3 is 10.2 Å². The molecule has 4 nitrogen and oxygen atoms in total. The number of benzene rings is 1. The molecule has 1 heterocycles. The van der Waals surface area contributed by atoms with E-state index in [-0.39, 0.29) is 12.2 Å². The molecule has 0 bridgehead atoms. The van der Waals surface area contributed by atoms with E-state index in [0.29, 0.717) is 18.5 Å². The number of nitrogens with zero attached hydrogens (tertiary/aromatic N) is 1. The Morgan fingerprint density at radius 1 is 1.41 bits per heavy atom. The minimum atomic E-state index is -0.0703. The van der Waals surface area contributed by atoms with Crippen LogP contribution in [0.15, 0.2) is 39.7 Å². The van der Waals surface area contributed by atoms with Gasteiger partial charge in [0.2, 0.25) is 0 Å². The molecule has 0 aliphatic heterocycles. The third kappa shape index (κ3) is 2.87. The molecular weight excluding hydrogens is 284 g/mol. The minimum Gasteiger partial charge on any atom is -0.396 e. The largest absolute Gasteiger partial charge is 0.396 e. The van der Waals surface area contributed by atoms with Gasteiger partial charge in [-0.05, 0) is 17.7 Å². The van der Waals surface area contributed by atoms with E-state index in [1.165, 1.54) is 4.68 Å². The first-order valence-corrected chi connectivity index (χ1v) is 6.12. The van der Waals surface area contributed by atoms with Crippen molar-refractivity contribution >= 4 is 15.9 Å². The second-order valence-corrected chi connectivity index (χ2v) is 4.71. The van der Waals surface area contributed by atoms with Gasteiger partial charge in [-0.1, -0.05) is 28.1 Å². The lowest BCUT2D eigenvalue weighted by Gasteiger charge is -2.02. The van der Waals surface area contributed by atoms with Crippen LogP contribution in [-0.4, -0.2) is 21.5 Å². The van der Waals surface area contributed by atoms with Crippen LogP contribution in [0.4, 0.5) is 0 Å². The van der Waals surface area contributed by atoms with Gasteiger partial charge in [0.25, 0.3) is 5.56 Å². The highest BCUT2D eigenvalue weighted by atomic mass is 79.9. The van der Waals surface area contributed by atoms with E-state index >= 15 is 0 Å². The molecule has 0 fully saturated rings. The van der Waals surface area contributed by atoms with Crippen molar-refractivity contribution < 1.29 is 5.11 Å². The van der Waals surface area contributed by atoms with Crippen LogP contribution in [0.1, 0.15) is 11.1 Å². The Morgan fingerprint density at radius 2 is 2.24 bits per heavy atom. The van der Waals surface area contributed by atoms with Crippen molar-refractivity contribution in [2.45, 2.75) is 13.0 Å². The fraction of sp³-hybridized carbons (Fsp3) is 0.250. The van der Waals surface area contributed by atoms with Crippen LogP contribution in [-0.2, 0) is 13.0 Å². The van der Waals surface area contributed by atoms with Gasteiger partial charge in [0, 0.05) is 29.3 Å². The van der Waals surface area contributed by atoms with Gasteiger partial charge in [-0.3, -0.25) is 4.79 Å². The summed E-state index contributed by atoms with van der Waals surface area (Å²) in [5, 5.41) is 11.7. The average molecular weight is 297 g/mol. The molecule has 0 radical (unpaired) electrons. The zero-order chi connectivity index (χ0) is 12.3. The van der Waals surface area contributed by atoms with Crippen molar-refractivity contribution in [3.05, 3.63) is 56.4 Å². The molecule has 90 valence electrons. The summed E-state index contributed by atoms with van der Waals surface area (Å²) in [6, 6.07) is 7.81. The fourth-order valence-corrected chi connectivity index (χ4v) is 2.13. The Balaban J connectivity index is 2.22. The molecular formula is C12H13BrN2O2. The van der Waals surface area contributed by atoms with Crippen LogP contribution in [0.2, 0.25) is 0 Å².